The summed E-state index contributed by atoms with van der Waals surface area (Å²) < 4.78 is 23.8. The third-order valence-electron chi connectivity index (χ3n) is 6.14. The van der Waals surface area contributed by atoms with Gasteiger partial charge in [-0.05, 0) is 83.5 Å². The van der Waals surface area contributed by atoms with E-state index in [1.54, 1.807) is 36.4 Å². The van der Waals surface area contributed by atoms with Crippen LogP contribution < -0.4 is 18.9 Å². The summed E-state index contributed by atoms with van der Waals surface area (Å²) in [5, 5.41) is 19.8. The lowest BCUT2D eigenvalue weighted by atomic mass is 10.1. The van der Waals surface area contributed by atoms with E-state index in [2.05, 4.69) is 4.98 Å². The van der Waals surface area contributed by atoms with Crippen molar-refractivity contribution in [3.63, 3.8) is 0 Å². The van der Waals surface area contributed by atoms with Crippen molar-refractivity contribution >= 4 is 36.5 Å². The Labute approximate surface area is 230 Å². The van der Waals surface area contributed by atoms with E-state index >= 15 is 0 Å². The van der Waals surface area contributed by atoms with Crippen molar-refractivity contribution in [2.75, 3.05) is 21.0 Å². The molecule has 0 unspecified atom stereocenters. The Morgan fingerprint density at radius 2 is 1.46 bits per heavy atom. The fraction of sp³-hybridized carbons (Fsp3) is 0.133. The molecule has 0 saturated carbocycles. The van der Waals surface area contributed by atoms with Crippen LogP contribution in [0.15, 0.2) is 60.7 Å². The van der Waals surface area contributed by atoms with Gasteiger partial charge in [0.05, 0.1) is 26.5 Å². The zero-order chi connectivity index (χ0) is 27.4. The molecule has 2 heterocycles. The maximum atomic E-state index is 9.95. The molecular weight excluding hydrogens is 516 g/mol. The number of benzene rings is 3. The van der Waals surface area contributed by atoms with Crippen LogP contribution in [0.3, 0.4) is 0 Å². The molecule has 9 heteroatoms. The summed E-state index contributed by atoms with van der Waals surface area (Å²) in [5.41, 5.74) is 4.15. The molecule has 0 fully saturated rings. The van der Waals surface area contributed by atoms with Crippen LogP contribution >= 0.6 is 12.2 Å². The number of ether oxygens (including phenoxy) is 4. The van der Waals surface area contributed by atoms with E-state index in [0.29, 0.717) is 40.0 Å². The lowest BCUT2D eigenvalue weighted by molar-refractivity contribution is 0.174. The van der Waals surface area contributed by atoms with E-state index in [1.165, 1.54) is 14.2 Å². The first-order chi connectivity index (χ1) is 18.9. The molecule has 3 aromatic carbocycles. The van der Waals surface area contributed by atoms with Gasteiger partial charge in [0.1, 0.15) is 0 Å². The van der Waals surface area contributed by atoms with Crippen LogP contribution in [-0.4, -0.2) is 40.8 Å². The SMILES string of the molecule is COc1cc(C=Cc2cc(C=Cc3ccc(O)c(OC)c3)n(Cc3ccc4c(c3)OCO4)c(=S)n2)ccc1O. The predicted octanol–water partition coefficient (Wildman–Crippen LogP) is 6.16. The number of aromatic nitrogens is 2. The quantitative estimate of drug-likeness (QED) is 0.256. The molecule has 1 aliphatic heterocycles. The van der Waals surface area contributed by atoms with E-state index in [9.17, 15) is 10.2 Å². The van der Waals surface area contributed by atoms with Crippen LogP contribution in [0.5, 0.6) is 34.5 Å². The standard InChI is InChI=1S/C30H26N2O6S/c1-35-27-13-19(5-10-24(27)33)3-8-22-16-23(9-4-20-6-11-25(34)28(14-20)36-2)32(30(39)31-22)17-21-7-12-26-29(15-21)38-18-37-26/h3-16,33-34H,17-18H2,1-2H3. The Bertz CT molecular complexity index is 1640. The number of hydrogen-bond donors (Lipinski definition) is 2. The van der Waals surface area contributed by atoms with Gasteiger partial charge in [0.15, 0.2) is 34.5 Å². The van der Waals surface area contributed by atoms with Gasteiger partial charge in [-0.25, -0.2) is 4.98 Å². The minimum atomic E-state index is 0.0718. The van der Waals surface area contributed by atoms with Gasteiger partial charge in [-0.3, -0.25) is 0 Å². The number of aromatic hydroxyl groups is 2. The summed E-state index contributed by atoms with van der Waals surface area (Å²) in [6, 6.07) is 18.0. The normalized spacial score (nSPS) is 12.4. The van der Waals surface area contributed by atoms with Gasteiger partial charge in [-0.1, -0.05) is 30.4 Å². The number of phenols is 2. The molecule has 5 rings (SSSR count). The smallest absolute Gasteiger partial charge is 0.231 e. The fourth-order valence-electron chi connectivity index (χ4n) is 4.11. The minimum Gasteiger partial charge on any atom is -0.504 e. The second-order valence-electron chi connectivity index (χ2n) is 8.69. The Kier molecular flexibility index (Phi) is 7.51. The zero-order valence-electron chi connectivity index (χ0n) is 21.3. The molecule has 4 aromatic rings. The van der Waals surface area contributed by atoms with Crippen LogP contribution in [0.2, 0.25) is 0 Å². The van der Waals surface area contributed by atoms with Gasteiger partial charge in [0, 0.05) is 5.69 Å². The number of fused-ring (bicyclic) bond motifs is 1. The molecule has 0 radical (unpaired) electrons. The van der Waals surface area contributed by atoms with Crippen molar-refractivity contribution in [3.05, 3.63) is 93.5 Å². The first-order valence-electron chi connectivity index (χ1n) is 12.0. The molecule has 2 N–H and O–H groups in total. The average Bonchev–Trinajstić information content (AvgIpc) is 3.41. The van der Waals surface area contributed by atoms with E-state index in [1.807, 2.05) is 53.1 Å². The summed E-state index contributed by atoms with van der Waals surface area (Å²) in [7, 11) is 3.02. The van der Waals surface area contributed by atoms with Crippen LogP contribution in [0.1, 0.15) is 28.1 Å². The molecule has 0 bridgehead atoms. The Morgan fingerprint density at radius 3 is 2.13 bits per heavy atom. The monoisotopic (exact) mass is 542 g/mol. The van der Waals surface area contributed by atoms with Crippen molar-refractivity contribution in [1.82, 2.24) is 9.55 Å². The number of rotatable bonds is 8. The van der Waals surface area contributed by atoms with Gasteiger partial charge < -0.3 is 33.7 Å². The van der Waals surface area contributed by atoms with Crippen molar-refractivity contribution in [3.8, 4) is 34.5 Å². The summed E-state index contributed by atoms with van der Waals surface area (Å²) in [4.78, 5) is 4.64. The molecule has 8 nitrogen and oxygen atoms in total. The number of hydrogen-bond acceptors (Lipinski definition) is 8. The van der Waals surface area contributed by atoms with E-state index in [4.69, 9.17) is 31.2 Å². The van der Waals surface area contributed by atoms with Crippen molar-refractivity contribution in [2.45, 2.75) is 6.54 Å². The molecular formula is C30H26N2O6S. The summed E-state index contributed by atoms with van der Waals surface area (Å²) in [6.07, 6.45) is 7.59. The van der Waals surface area contributed by atoms with Crippen LogP contribution in [-0.2, 0) is 6.54 Å². The maximum absolute atomic E-state index is 9.95. The largest absolute Gasteiger partial charge is 0.504 e. The molecule has 0 amide bonds. The number of phenolic OH excluding ortho intramolecular Hbond substituents is 2. The van der Waals surface area contributed by atoms with Crippen molar-refractivity contribution in [2.24, 2.45) is 0 Å². The average molecular weight is 543 g/mol. The van der Waals surface area contributed by atoms with Gasteiger partial charge in [-0.15, -0.1) is 0 Å². The highest BCUT2D eigenvalue weighted by Crippen LogP contribution is 2.33. The maximum Gasteiger partial charge on any atom is 0.231 e. The summed E-state index contributed by atoms with van der Waals surface area (Å²) >= 11 is 5.72. The van der Waals surface area contributed by atoms with E-state index in [0.717, 1.165) is 22.4 Å². The highest BCUT2D eigenvalue weighted by molar-refractivity contribution is 7.71. The van der Waals surface area contributed by atoms with Crippen LogP contribution in [0, 0.1) is 4.77 Å². The van der Waals surface area contributed by atoms with Crippen LogP contribution in [0.25, 0.3) is 24.3 Å². The molecule has 0 aliphatic carbocycles. The fourth-order valence-corrected chi connectivity index (χ4v) is 4.38. The Hall–Kier alpha value is -4.76. The topological polar surface area (TPSA) is 95.2 Å². The molecule has 39 heavy (non-hydrogen) atoms. The molecule has 0 saturated heterocycles. The first kappa shape index (κ1) is 25.9. The van der Waals surface area contributed by atoms with Gasteiger partial charge in [0.25, 0.3) is 0 Å². The predicted molar refractivity (Wildman–Crippen MR) is 152 cm³/mol. The molecule has 1 aromatic heterocycles. The van der Waals surface area contributed by atoms with E-state index in [-0.39, 0.29) is 18.3 Å². The van der Waals surface area contributed by atoms with Gasteiger partial charge >= 0.3 is 0 Å². The third kappa shape index (κ3) is 5.89. The minimum absolute atomic E-state index is 0.0718. The summed E-state index contributed by atoms with van der Waals surface area (Å²) in [6.45, 7) is 0.679. The Balaban J connectivity index is 1.52. The molecule has 0 spiro atoms. The lowest BCUT2D eigenvalue weighted by Crippen LogP contribution is -2.08. The van der Waals surface area contributed by atoms with Crippen molar-refractivity contribution in [1.29, 1.82) is 0 Å². The lowest BCUT2D eigenvalue weighted by Gasteiger charge is -2.13. The highest BCUT2D eigenvalue weighted by Gasteiger charge is 2.14. The number of methoxy groups -OCH3 is 2. The third-order valence-corrected chi connectivity index (χ3v) is 6.45. The van der Waals surface area contributed by atoms with Gasteiger partial charge in [-0.2, -0.15) is 0 Å². The molecule has 0 atom stereocenters. The Morgan fingerprint density at radius 1 is 0.821 bits per heavy atom. The molecule has 1 aliphatic rings. The highest BCUT2D eigenvalue weighted by atomic mass is 32.1. The zero-order valence-corrected chi connectivity index (χ0v) is 22.1. The summed E-state index contributed by atoms with van der Waals surface area (Å²) in [5.74, 6) is 2.33. The van der Waals surface area contributed by atoms with Crippen LogP contribution in [0.4, 0.5) is 0 Å². The second kappa shape index (κ2) is 11.3. The second-order valence-corrected chi connectivity index (χ2v) is 9.06. The number of nitrogens with zero attached hydrogens (tertiary/aromatic N) is 2. The molecule has 198 valence electrons. The van der Waals surface area contributed by atoms with Gasteiger partial charge in [0.2, 0.25) is 11.6 Å². The van der Waals surface area contributed by atoms with Crippen molar-refractivity contribution < 1.29 is 29.2 Å². The first-order valence-corrected chi connectivity index (χ1v) is 12.4. The van der Waals surface area contributed by atoms with E-state index < -0.39 is 0 Å².